The molecule has 1 aromatic heterocycles. The van der Waals surface area contributed by atoms with Crippen LogP contribution in [0, 0.1) is 5.92 Å². The maximum absolute atomic E-state index is 11.3. The van der Waals surface area contributed by atoms with Gasteiger partial charge in [0.15, 0.2) is 11.6 Å². The minimum atomic E-state index is -1.16. The van der Waals surface area contributed by atoms with Gasteiger partial charge in [0.25, 0.3) is 0 Å². The van der Waals surface area contributed by atoms with Gasteiger partial charge in [0.2, 0.25) is 0 Å². The zero-order valence-corrected chi connectivity index (χ0v) is 6.56. The second-order valence-electron chi connectivity index (χ2n) is 2.74. The number of aromatic nitrogens is 1. The lowest BCUT2D eigenvalue weighted by molar-refractivity contribution is -0.108. The van der Waals surface area contributed by atoms with Crippen LogP contribution in [0.3, 0.4) is 0 Å². The molecule has 0 radical (unpaired) electrons. The zero-order valence-electron chi connectivity index (χ0n) is 6.56. The zero-order chi connectivity index (χ0) is 9.42. The summed E-state index contributed by atoms with van der Waals surface area (Å²) < 4.78 is 0. The van der Waals surface area contributed by atoms with Crippen molar-refractivity contribution in [1.82, 2.24) is 4.98 Å². The molecule has 2 rings (SSSR count). The van der Waals surface area contributed by atoms with Crippen LogP contribution in [0.2, 0.25) is 0 Å². The molecule has 0 N–H and O–H groups in total. The van der Waals surface area contributed by atoms with E-state index in [4.69, 9.17) is 0 Å². The molecule has 0 saturated carbocycles. The van der Waals surface area contributed by atoms with Gasteiger partial charge < -0.3 is 4.79 Å². The normalized spacial score (nSPS) is 20.2. The molecule has 1 unspecified atom stereocenters. The van der Waals surface area contributed by atoms with Crippen molar-refractivity contribution in [3.05, 3.63) is 29.6 Å². The van der Waals surface area contributed by atoms with Gasteiger partial charge in [0.1, 0.15) is 17.9 Å². The van der Waals surface area contributed by atoms with Crippen LogP contribution in [0.15, 0.2) is 18.3 Å². The first-order chi connectivity index (χ1) is 6.25. The Balaban J connectivity index is 2.63. The maximum atomic E-state index is 11.3. The molecule has 0 fully saturated rings. The van der Waals surface area contributed by atoms with Gasteiger partial charge in [-0.2, -0.15) is 0 Å². The smallest absolute Gasteiger partial charge is 0.199 e. The largest absolute Gasteiger partial charge is 0.302 e. The van der Waals surface area contributed by atoms with Crippen molar-refractivity contribution >= 4 is 17.9 Å². The minimum absolute atomic E-state index is 0.115. The minimum Gasteiger partial charge on any atom is -0.302 e. The Kier molecular flexibility index (Phi) is 1.55. The Morgan fingerprint density at radius 1 is 1.31 bits per heavy atom. The molecule has 13 heavy (non-hydrogen) atoms. The van der Waals surface area contributed by atoms with E-state index in [9.17, 15) is 14.4 Å². The highest BCUT2D eigenvalue weighted by Gasteiger charge is 2.39. The predicted octanol–water partition coefficient (Wildman–Crippen LogP) is 0.276. The van der Waals surface area contributed by atoms with E-state index in [0.717, 1.165) is 0 Å². The number of carbonyl (C=O) groups excluding carboxylic acids is 3. The highest BCUT2D eigenvalue weighted by molar-refractivity contribution is 6.31. The first-order valence-electron chi connectivity index (χ1n) is 3.74. The molecular weight excluding hydrogens is 170 g/mol. The number of pyridine rings is 1. The number of rotatable bonds is 1. The molecule has 0 amide bonds. The van der Waals surface area contributed by atoms with Crippen LogP contribution in [0.1, 0.15) is 20.8 Å². The van der Waals surface area contributed by atoms with Gasteiger partial charge in [-0.05, 0) is 12.1 Å². The molecule has 0 saturated heterocycles. The van der Waals surface area contributed by atoms with Crippen LogP contribution in [0.4, 0.5) is 0 Å². The Labute approximate surface area is 73.6 Å². The summed E-state index contributed by atoms with van der Waals surface area (Å²) in [6.45, 7) is 0. The Morgan fingerprint density at radius 2 is 2.08 bits per heavy atom. The third kappa shape index (κ3) is 0.917. The van der Waals surface area contributed by atoms with E-state index < -0.39 is 17.5 Å². The lowest BCUT2D eigenvalue weighted by Gasteiger charge is -1.90. The van der Waals surface area contributed by atoms with Crippen LogP contribution < -0.4 is 0 Å². The number of aldehydes is 1. The molecule has 1 aliphatic carbocycles. The van der Waals surface area contributed by atoms with Gasteiger partial charge in [0, 0.05) is 11.8 Å². The van der Waals surface area contributed by atoms with Crippen LogP contribution in [0.25, 0.3) is 0 Å². The molecule has 1 atom stereocenters. The first kappa shape index (κ1) is 7.79. The van der Waals surface area contributed by atoms with Crippen LogP contribution in [-0.4, -0.2) is 22.8 Å². The fraction of sp³-hybridized carbons (Fsp3) is 0.111. The summed E-state index contributed by atoms with van der Waals surface area (Å²) in [5, 5.41) is 0. The maximum Gasteiger partial charge on any atom is 0.199 e. The van der Waals surface area contributed by atoms with Gasteiger partial charge in [-0.25, -0.2) is 0 Å². The summed E-state index contributed by atoms with van der Waals surface area (Å²) in [5.74, 6) is -2.09. The highest BCUT2D eigenvalue weighted by atomic mass is 16.2. The van der Waals surface area contributed by atoms with E-state index in [-0.39, 0.29) is 11.3 Å². The average molecular weight is 175 g/mol. The molecule has 1 aromatic rings. The molecule has 0 aromatic carbocycles. The van der Waals surface area contributed by atoms with Crippen molar-refractivity contribution in [1.29, 1.82) is 0 Å². The number of Topliss-reactive ketones (excluding diaryl/α,β-unsaturated/α-hetero) is 2. The van der Waals surface area contributed by atoms with E-state index in [1.807, 2.05) is 0 Å². The molecule has 0 bridgehead atoms. The number of ketones is 2. The van der Waals surface area contributed by atoms with Gasteiger partial charge in [-0.3, -0.25) is 14.6 Å². The third-order valence-electron chi connectivity index (χ3n) is 2.01. The highest BCUT2D eigenvalue weighted by Crippen LogP contribution is 2.22. The molecule has 0 aliphatic heterocycles. The van der Waals surface area contributed by atoms with Gasteiger partial charge in [0.05, 0.1) is 0 Å². The van der Waals surface area contributed by atoms with E-state index in [1.54, 1.807) is 6.07 Å². The standard InChI is InChI=1S/C9H5NO3/c11-4-6-8(12)5-2-1-3-10-7(5)9(6)13/h1-4,6H. The molecule has 1 aliphatic rings. The lowest BCUT2D eigenvalue weighted by Crippen LogP contribution is -2.16. The summed E-state index contributed by atoms with van der Waals surface area (Å²) in [6, 6.07) is 3.07. The average Bonchev–Trinajstić information content (AvgIpc) is 2.41. The first-order valence-corrected chi connectivity index (χ1v) is 3.74. The fourth-order valence-electron chi connectivity index (χ4n) is 1.36. The number of hydrogen-bond acceptors (Lipinski definition) is 4. The number of fused-ring (bicyclic) bond motifs is 1. The van der Waals surface area contributed by atoms with E-state index in [2.05, 4.69) is 4.98 Å². The number of nitrogens with zero attached hydrogens (tertiary/aromatic N) is 1. The lowest BCUT2D eigenvalue weighted by atomic mass is 10.1. The topological polar surface area (TPSA) is 64.1 Å². The van der Waals surface area contributed by atoms with Crippen LogP contribution in [-0.2, 0) is 4.79 Å². The van der Waals surface area contributed by atoms with Crippen molar-refractivity contribution < 1.29 is 14.4 Å². The fourth-order valence-corrected chi connectivity index (χ4v) is 1.36. The summed E-state index contributed by atoms with van der Waals surface area (Å²) in [7, 11) is 0. The van der Waals surface area contributed by atoms with Gasteiger partial charge >= 0.3 is 0 Å². The summed E-state index contributed by atoms with van der Waals surface area (Å²) in [4.78, 5) is 36.9. The van der Waals surface area contributed by atoms with Crippen molar-refractivity contribution in [3.63, 3.8) is 0 Å². The van der Waals surface area contributed by atoms with Crippen molar-refractivity contribution in [2.75, 3.05) is 0 Å². The van der Waals surface area contributed by atoms with Gasteiger partial charge in [-0.1, -0.05) is 0 Å². The Bertz CT molecular complexity index is 376. The summed E-state index contributed by atoms with van der Waals surface area (Å²) >= 11 is 0. The van der Waals surface area contributed by atoms with Crippen LogP contribution in [0.5, 0.6) is 0 Å². The Hall–Kier alpha value is -1.84. The molecule has 4 nitrogen and oxygen atoms in total. The SMILES string of the molecule is O=CC1C(=O)c2cccnc2C1=O. The molecule has 0 spiro atoms. The molecule has 64 valence electrons. The second-order valence-corrected chi connectivity index (χ2v) is 2.74. The predicted molar refractivity (Wildman–Crippen MR) is 42.5 cm³/mol. The molecule has 1 heterocycles. The summed E-state index contributed by atoms with van der Waals surface area (Å²) in [5.41, 5.74) is 0.370. The van der Waals surface area contributed by atoms with E-state index >= 15 is 0 Å². The van der Waals surface area contributed by atoms with Gasteiger partial charge in [-0.15, -0.1) is 0 Å². The van der Waals surface area contributed by atoms with Crippen molar-refractivity contribution in [2.24, 2.45) is 5.92 Å². The number of hydrogen-bond donors (Lipinski definition) is 0. The third-order valence-corrected chi connectivity index (χ3v) is 2.01. The quantitative estimate of drug-likeness (QED) is 0.454. The molecule has 4 heteroatoms. The van der Waals surface area contributed by atoms with E-state index in [0.29, 0.717) is 6.29 Å². The van der Waals surface area contributed by atoms with Crippen LogP contribution >= 0.6 is 0 Å². The molecular formula is C9H5NO3. The number of carbonyl (C=O) groups is 3. The van der Waals surface area contributed by atoms with E-state index in [1.165, 1.54) is 12.3 Å². The van der Waals surface area contributed by atoms with Crippen molar-refractivity contribution in [3.8, 4) is 0 Å². The monoisotopic (exact) mass is 175 g/mol. The second kappa shape index (κ2) is 2.58. The van der Waals surface area contributed by atoms with Crippen molar-refractivity contribution in [2.45, 2.75) is 0 Å². The Morgan fingerprint density at radius 3 is 2.69 bits per heavy atom. The summed E-state index contributed by atoms with van der Waals surface area (Å²) in [6.07, 6.45) is 1.80.